The first-order valence-electron chi connectivity index (χ1n) is 10.2. The van der Waals surface area contributed by atoms with Crippen LogP contribution in [0.1, 0.15) is 39.7 Å². The van der Waals surface area contributed by atoms with Crippen LogP contribution in [0.5, 0.6) is 5.75 Å². The molecular formula is C24H25ClN2O4. The largest absolute Gasteiger partial charge is 0.497 e. The van der Waals surface area contributed by atoms with Gasteiger partial charge in [0.1, 0.15) is 11.3 Å². The molecule has 0 N–H and O–H groups in total. The molecule has 0 bridgehead atoms. The summed E-state index contributed by atoms with van der Waals surface area (Å²) in [5, 5.41) is 0.878. The number of rotatable bonds is 6. The third kappa shape index (κ3) is 3.82. The lowest BCUT2D eigenvalue weighted by atomic mass is 9.98. The lowest BCUT2D eigenvalue weighted by Crippen LogP contribution is -2.32. The van der Waals surface area contributed by atoms with Gasteiger partial charge in [-0.25, -0.2) is 0 Å². The molecule has 0 spiro atoms. The second kappa shape index (κ2) is 8.36. The van der Waals surface area contributed by atoms with E-state index in [2.05, 4.69) is 4.90 Å². The number of nitrogens with zero attached hydrogens (tertiary/aromatic N) is 2. The fraction of sp³-hybridized carbons (Fsp3) is 0.333. The predicted molar refractivity (Wildman–Crippen MR) is 121 cm³/mol. The number of benzene rings is 2. The predicted octanol–water partition coefficient (Wildman–Crippen LogP) is 4.26. The SMILES string of the molecule is COc1ccc(C2c3c(oc4cc(C)c(Cl)cc4c3=O)C(=O)N2CCCN(C)C)cc1. The van der Waals surface area contributed by atoms with Gasteiger partial charge in [0.25, 0.3) is 5.91 Å². The molecule has 31 heavy (non-hydrogen) atoms. The molecule has 1 aromatic heterocycles. The summed E-state index contributed by atoms with van der Waals surface area (Å²) in [6.07, 6.45) is 0.776. The van der Waals surface area contributed by atoms with Crippen molar-refractivity contribution in [3.8, 4) is 5.75 Å². The van der Waals surface area contributed by atoms with Gasteiger partial charge in [-0.2, -0.15) is 0 Å². The Morgan fingerprint density at radius 2 is 1.87 bits per heavy atom. The molecule has 1 atom stereocenters. The zero-order valence-electron chi connectivity index (χ0n) is 18.1. The number of ether oxygens (including phenoxy) is 1. The van der Waals surface area contributed by atoms with E-state index in [0.717, 1.165) is 24.1 Å². The first kappa shape index (κ1) is 21.4. The van der Waals surface area contributed by atoms with Crippen LogP contribution in [0.15, 0.2) is 45.6 Å². The van der Waals surface area contributed by atoms with E-state index >= 15 is 0 Å². The number of aryl methyl sites for hydroxylation is 1. The van der Waals surface area contributed by atoms with Crippen LogP contribution in [0.3, 0.4) is 0 Å². The van der Waals surface area contributed by atoms with Crippen molar-refractivity contribution >= 4 is 28.5 Å². The lowest BCUT2D eigenvalue weighted by Gasteiger charge is -2.25. The Hall–Kier alpha value is -2.83. The van der Waals surface area contributed by atoms with Gasteiger partial charge in [-0.3, -0.25) is 9.59 Å². The van der Waals surface area contributed by atoms with Gasteiger partial charge in [0, 0.05) is 11.6 Å². The molecule has 0 radical (unpaired) electrons. The highest BCUT2D eigenvalue weighted by molar-refractivity contribution is 6.32. The molecule has 0 saturated heterocycles. The van der Waals surface area contributed by atoms with E-state index in [4.69, 9.17) is 20.8 Å². The minimum atomic E-state index is -0.517. The van der Waals surface area contributed by atoms with E-state index < -0.39 is 6.04 Å². The van der Waals surface area contributed by atoms with Crippen molar-refractivity contribution in [3.05, 3.63) is 74.1 Å². The Bertz CT molecular complexity index is 1200. The standard InChI is InChI=1S/C24H25ClN2O4/c1-14-12-19-17(13-18(14)25)22(28)20-21(15-6-8-16(30-4)9-7-15)27(11-5-10-26(2)3)24(29)23(20)31-19/h6-9,12-13,21H,5,10-11H2,1-4H3. The van der Waals surface area contributed by atoms with Gasteiger partial charge in [0.05, 0.1) is 24.1 Å². The number of halogens is 1. The van der Waals surface area contributed by atoms with Crippen molar-refractivity contribution in [2.24, 2.45) is 0 Å². The molecule has 0 saturated carbocycles. The van der Waals surface area contributed by atoms with Gasteiger partial charge < -0.3 is 19.0 Å². The number of hydrogen-bond acceptors (Lipinski definition) is 5. The molecule has 2 heterocycles. The van der Waals surface area contributed by atoms with Crippen LogP contribution in [-0.4, -0.2) is 50.0 Å². The Morgan fingerprint density at radius 1 is 1.16 bits per heavy atom. The van der Waals surface area contributed by atoms with Crippen molar-refractivity contribution in [1.29, 1.82) is 0 Å². The molecular weight excluding hydrogens is 416 g/mol. The summed E-state index contributed by atoms with van der Waals surface area (Å²) in [5.74, 6) is 0.561. The van der Waals surface area contributed by atoms with Crippen molar-refractivity contribution in [1.82, 2.24) is 9.80 Å². The van der Waals surface area contributed by atoms with Crippen LogP contribution in [0, 0.1) is 6.92 Å². The Kier molecular flexibility index (Phi) is 5.77. The molecule has 0 aliphatic carbocycles. The lowest BCUT2D eigenvalue weighted by molar-refractivity contribution is 0.0722. The quantitative estimate of drug-likeness (QED) is 0.573. The molecule has 1 aliphatic heterocycles. The summed E-state index contributed by atoms with van der Waals surface area (Å²) in [7, 11) is 5.58. The van der Waals surface area contributed by atoms with Crippen molar-refractivity contribution in [2.45, 2.75) is 19.4 Å². The smallest absolute Gasteiger partial charge is 0.290 e. The molecule has 7 heteroatoms. The molecule has 162 valence electrons. The minimum Gasteiger partial charge on any atom is -0.497 e. The molecule has 1 amide bonds. The molecule has 6 nitrogen and oxygen atoms in total. The van der Waals surface area contributed by atoms with Gasteiger partial charge in [-0.15, -0.1) is 0 Å². The van der Waals surface area contributed by atoms with E-state index in [-0.39, 0.29) is 17.1 Å². The first-order chi connectivity index (χ1) is 14.8. The third-order valence-electron chi connectivity index (χ3n) is 5.68. The second-order valence-corrected chi connectivity index (χ2v) is 8.51. The summed E-state index contributed by atoms with van der Waals surface area (Å²) in [5.41, 5.74) is 2.15. The van der Waals surface area contributed by atoms with Gasteiger partial charge in [-0.05, 0) is 69.4 Å². The van der Waals surface area contributed by atoms with E-state index in [1.807, 2.05) is 45.3 Å². The van der Waals surface area contributed by atoms with Crippen molar-refractivity contribution < 1.29 is 13.9 Å². The van der Waals surface area contributed by atoms with Crippen LogP contribution < -0.4 is 10.2 Å². The van der Waals surface area contributed by atoms with Crippen LogP contribution in [0.25, 0.3) is 11.0 Å². The molecule has 1 unspecified atom stereocenters. The van der Waals surface area contributed by atoms with Gasteiger partial charge in [0.2, 0.25) is 5.76 Å². The fourth-order valence-electron chi connectivity index (χ4n) is 4.06. The maximum atomic E-state index is 13.5. The molecule has 2 aromatic carbocycles. The Balaban J connectivity index is 1.88. The zero-order valence-corrected chi connectivity index (χ0v) is 18.8. The summed E-state index contributed by atoms with van der Waals surface area (Å²) in [6.45, 7) is 3.17. The monoisotopic (exact) mass is 440 g/mol. The number of methoxy groups -OCH3 is 1. The third-order valence-corrected chi connectivity index (χ3v) is 6.09. The second-order valence-electron chi connectivity index (χ2n) is 8.10. The number of carbonyl (C=O) groups is 1. The Morgan fingerprint density at radius 3 is 2.52 bits per heavy atom. The number of amides is 1. The maximum Gasteiger partial charge on any atom is 0.290 e. The number of carbonyl (C=O) groups excluding carboxylic acids is 1. The fourth-order valence-corrected chi connectivity index (χ4v) is 4.23. The maximum absolute atomic E-state index is 13.5. The number of hydrogen-bond donors (Lipinski definition) is 0. The Labute approximate surface area is 186 Å². The van der Waals surface area contributed by atoms with Crippen LogP contribution in [0.4, 0.5) is 0 Å². The van der Waals surface area contributed by atoms with E-state index in [0.29, 0.717) is 33.8 Å². The normalized spacial score (nSPS) is 15.7. The summed E-state index contributed by atoms with van der Waals surface area (Å²) in [4.78, 5) is 30.7. The highest BCUT2D eigenvalue weighted by atomic mass is 35.5. The van der Waals surface area contributed by atoms with Crippen molar-refractivity contribution in [3.63, 3.8) is 0 Å². The average Bonchev–Trinajstić information content (AvgIpc) is 3.02. The summed E-state index contributed by atoms with van der Waals surface area (Å²) < 4.78 is 11.3. The molecule has 4 rings (SSSR count). The van der Waals surface area contributed by atoms with E-state index in [9.17, 15) is 9.59 Å². The van der Waals surface area contributed by atoms with Gasteiger partial charge >= 0.3 is 0 Å². The van der Waals surface area contributed by atoms with Gasteiger partial charge in [0.15, 0.2) is 5.43 Å². The average molecular weight is 441 g/mol. The van der Waals surface area contributed by atoms with Crippen LogP contribution in [0.2, 0.25) is 5.02 Å². The van der Waals surface area contributed by atoms with Gasteiger partial charge in [-0.1, -0.05) is 23.7 Å². The van der Waals surface area contributed by atoms with Crippen LogP contribution >= 0.6 is 11.6 Å². The summed E-state index contributed by atoms with van der Waals surface area (Å²) in [6, 6.07) is 10.3. The molecule has 1 aliphatic rings. The summed E-state index contributed by atoms with van der Waals surface area (Å²) >= 11 is 6.28. The topological polar surface area (TPSA) is 63.0 Å². The molecule has 0 fully saturated rings. The van der Waals surface area contributed by atoms with Crippen molar-refractivity contribution in [2.75, 3.05) is 34.3 Å². The first-order valence-corrected chi connectivity index (χ1v) is 10.6. The van der Waals surface area contributed by atoms with E-state index in [1.54, 1.807) is 24.1 Å². The van der Waals surface area contributed by atoms with Crippen LogP contribution in [-0.2, 0) is 0 Å². The molecule has 3 aromatic rings. The van der Waals surface area contributed by atoms with E-state index in [1.165, 1.54) is 0 Å². The highest BCUT2D eigenvalue weighted by Crippen LogP contribution is 2.39. The minimum absolute atomic E-state index is 0.116. The zero-order chi connectivity index (χ0) is 22.3. The highest BCUT2D eigenvalue weighted by Gasteiger charge is 2.42. The number of fused-ring (bicyclic) bond motifs is 2.